The quantitative estimate of drug-likeness (QED) is 0.519. The minimum atomic E-state index is -1.62. The second-order valence-corrected chi connectivity index (χ2v) is 12.2. The van der Waals surface area contributed by atoms with Crippen LogP contribution in [0.5, 0.6) is 0 Å². The van der Waals surface area contributed by atoms with Crippen LogP contribution in [0.2, 0.25) is 14.2 Å². The Morgan fingerprint density at radius 3 is 1.87 bits per heavy atom. The van der Waals surface area contributed by atoms with Crippen molar-refractivity contribution in [1.29, 1.82) is 0 Å². The maximum absolute atomic E-state index is 2.46. The summed E-state index contributed by atoms with van der Waals surface area (Å²) in [5, 5.41) is 0. The van der Waals surface area contributed by atoms with E-state index in [1.165, 1.54) is 25.7 Å². The van der Waals surface area contributed by atoms with E-state index in [4.69, 9.17) is 0 Å². The van der Waals surface area contributed by atoms with Gasteiger partial charge in [-0.25, -0.2) is 0 Å². The number of hydrogen-bond acceptors (Lipinski definition) is 0. The minimum absolute atomic E-state index is 1.29. The van der Waals surface area contributed by atoms with Gasteiger partial charge in [-0.3, -0.25) is 0 Å². The zero-order valence-electron chi connectivity index (χ0n) is 10.7. The molecule has 0 spiro atoms. The van der Waals surface area contributed by atoms with E-state index in [0.29, 0.717) is 0 Å². The van der Waals surface area contributed by atoms with Gasteiger partial charge in [-0.2, -0.15) is 0 Å². The second-order valence-electron chi connectivity index (χ2n) is 4.85. The van der Waals surface area contributed by atoms with Crippen LogP contribution in [-0.2, 0) is 16.6 Å². The van der Waals surface area contributed by atoms with E-state index in [0.717, 1.165) is 0 Å². The summed E-state index contributed by atoms with van der Waals surface area (Å²) in [7, 11) is 0. The van der Waals surface area contributed by atoms with E-state index in [1.807, 2.05) is 3.88 Å². The Balaban J connectivity index is 2.79. The van der Waals surface area contributed by atoms with Crippen LogP contribution in [0.25, 0.3) is 0 Å². The Morgan fingerprint density at radius 1 is 1.00 bits per heavy atom. The number of hydrogen-bond donors (Lipinski definition) is 0. The van der Waals surface area contributed by atoms with Crippen molar-refractivity contribution in [3.63, 3.8) is 0 Å². The molecular formula is C14H26Ti. The summed E-state index contributed by atoms with van der Waals surface area (Å²) in [6.07, 6.45) is 12.6. The first-order valence-electron chi connectivity index (χ1n) is 6.65. The molecule has 0 heterocycles. The summed E-state index contributed by atoms with van der Waals surface area (Å²) in [5.74, 6) is 0. The van der Waals surface area contributed by atoms with Crippen molar-refractivity contribution >= 4 is 0 Å². The molecule has 15 heavy (non-hydrogen) atoms. The molecule has 0 fully saturated rings. The van der Waals surface area contributed by atoms with Crippen LogP contribution in [0.3, 0.4) is 0 Å². The number of rotatable bonds is 7. The molecule has 0 amide bonds. The molecule has 1 aliphatic rings. The van der Waals surface area contributed by atoms with E-state index >= 15 is 0 Å². The number of allylic oxidation sites excluding steroid dienone is 4. The van der Waals surface area contributed by atoms with Gasteiger partial charge in [0.2, 0.25) is 0 Å². The monoisotopic (exact) mass is 242 g/mol. The van der Waals surface area contributed by atoms with Crippen LogP contribution in [0.15, 0.2) is 22.1 Å². The molecule has 0 unspecified atom stereocenters. The first-order valence-corrected chi connectivity index (χ1v) is 10.7. The molecule has 0 radical (unpaired) electrons. The van der Waals surface area contributed by atoms with Gasteiger partial charge in [0, 0.05) is 0 Å². The van der Waals surface area contributed by atoms with Gasteiger partial charge in [0.15, 0.2) is 0 Å². The first-order chi connectivity index (χ1) is 7.29. The van der Waals surface area contributed by atoms with Crippen LogP contribution in [0.4, 0.5) is 0 Å². The van der Waals surface area contributed by atoms with Gasteiger partial charge < -0.3 is 0 Å². The molecule has 86 valence electrons. The van der Waals surface area contributed by atoms with Gasteiger partial charge in [0.05, 0.1) is 0 Å². The van der Waals surface area contributed by atoms with Gasteiger partial charge in [0.25, 0.3) is 0 Å². The summed E-state index contributed by atoms with van der Waals surface area (Å²) in [5.41, 5.74) is 0. The van der Waals surface area contributed by atoms with Crippen molar-refractivity contribution in [2.24, 2.45) is 0 Å². The Kier molecular flexibility index (Phi) is 5.93. The Morgan fingerprint density at radius 2 is 1.53 bits per heavy atom. The molecule has 0 aromatic heterocycles. The van der Waals surface area contributed by atoms with Gasteiger partial charge in [-0.1, -0.05) is 0 Å². The summed E-state index contributed by atoms with van der Waals surface area (Å²) < 4.78 is 6.58. The molecule has 0 aromatic rings. The molecule has 0 atom stereocenters. The van der Waals surface area contributed by atoms with Crippen LogP contribution in [0, 0.1) is 0 Å². The Bertz CT molecular complexity index is 221. The average molecular weight is 242 g/mol. The van der Waals surface area contributed by atoms with E-state index in [-0.39, 0.29) is 0 Å². The standard InChI is InChI=1S/C5H5.3C3H7.Ti/c1-2-4-5-3-1;3*1-3-2;/h1-3H,4H2;3*1,3H2,2H3;. The Hall–Kier alpha value is 0.194. The van der Waals surface area contributed by atoms with E-state index in [2.05, 4.69) is 39.0 Å². The predicted octanol–water partition coefficient (Wildman–Crippen LogP) is 5.47. The summed E-state index contributed by atoms with van der Waals surface area (Å²) >= 11 is -1.62. The third kappa shape index (κ3) is 3.33. The van der Waals surface area contributed by atoms with Crippen molar-refractivity contribution in [2.45, 2.75) is 60.6 Å². The van der Waals surface area contributed by atoms with Crippen molar-refractivity contribution in [1.82, 2.24) is 0 Å². The zero-order chi connectivity index (χ0) is 11.1. The normalized spacial score (nSPS) is 15.8. The zero-order valence-corrected chi connectivity index (χ0v) is 12.2. The molecule has 0 N–H and O–H groups in total. The van der Waals surface area contributed by atoms with Crippen molar-refractivity contribution in [3.8, 4) is 0 Å². The van der Waals surface area contributed by atoms with Crippen LogP contribution in [-0.4, -0.2) is 0 Å². The van der Waals surface area contributed by atoms with Crippen LogP contribution in [0.1, 0.15) is 46.5 Å². The topological polar surface area (TPSA) is 0 Å². The van der Waals surface area contributed by atoms with Crippen LogP contribution >= 0.6 is 0 Å². The molecular weight excluding hydrogens is 216 g/mol. The van der Waals surface area contributed by atoms with Gasteiger partial charge in [-0.05, 0) is 0 Å². The van der Waals surface area contributed by atoms with Crippen molar-refractivity contribution in [3.05, 3.63) is 22.1 Å². The van der Waals surface area contributed by atoms with Crippen LogP contribution < -0.4 is 0 Å². The molecule has 0 nitrogen and oxygen atoms in total. The predicted molar refractivity (Wildman–Crippen MR) is 67.1 cm³/mol. The van der Waals surface area contributed by atoms with Gasteiger partial charge in [-0.15, -0.1) is 0 Å². The van der Waals surface area contributed by atoms with E-state index in [9.17, 15) is 0 Å². The second kappa shape index (κ2) is 6.71. The fourth-order valence-electron chi connectivity index (χ4n) is 3.13. The molecule has 1 aliphatic carbocycles. The van der Waals surface area contributed by atoms with E-state index in [1.54, 1.807) is 14.2 Å². The molecule has 0 bridgehead atoms. The third-order valence-electron chi connectivity index (χ3n) is 3.64. The summed E-state index contributed by atoms with van der Waals surface area (Å²) in [6, 6.07) is 0. The van der Waals surface area contributed by atoms with Gasteiger partial charge >= 0.3 is 99.3 Å². The molecule has 0 saturated carbocycles. The fourth-order valence-corrected chi connectivity index (χ4v) is 11.9. The SMILES string of the molecule is CC[CH2][Ti]([CH2]CC)([CH2]CC)[C]1=CC=CC1. The van der Waals surface area contributed by atoms with Gasteiger partial charge in [0.1, 0.15) is 0 Å². The fraction of sp³-hybridized carbons (Fsp3) is 0.714. The Labute approximate surface area is 99.2 Å². The van der Waals surface area contributed by atoms with Crippen molar-refractivity contribution in [2.75, 3.05) is 0 Å². The molecule has 0 aromatic carbocycles. The summed E-state index contributed by atoms with van der Waals surface area (Å²) in [4.78, 5) is 0. The molecule has 1 heteroatoms. The molecule has 1 rings (SSSR count). The first kappa shape index (κ1) is 13.3. The molecule has 0 saturated heterocycles. The average Bonchev–Trinajstić information content (AvgIpc) is 2.72. The van der Waals surface area contributed by atoms with Crippen molar-refractivity contribution < 1.29 is 16.6 Å². The summed E-state index contributed by atoms with van der Waals surface area (Å²) in [6.45, 7) is 7.11. The third-order valence-corrected chi connectivity index (χ3v) is 13.2. The van der Waals surface area contributed by atoms with E-state index < -0.39 is 16.6 Å². The maximum atomic E-state index is 2.46. The molecule has 0 aliphatic heterocycles.